The molecule has 3 nitrogen and oxygen atoms in total. The number of halogens is 2. The Morgan fingerprint density at radius 1 is 1.14 bits per heavy atom. The molecule has 5 heteroatoms. The number of furan rings is 1. The molecule has 1 atom stereocenters. The molecular weight excluding hydrogens is 278 g/mol. The van der Waals surface area contributed by atoms with Gasteiger partial charge in [-0.1, -0.05) is 6.07 Å². The molecule has 1 N–H and O–H groups in total. The Bertz CT molecular complexity index is 795. The average molecular weight is 290 g/mol. The highest BCUT2D eigenvalue weighted by molar-refractivity contribution is 5.78. The Morgan fingerprint density at radius 3 is 2.71 bits per heavy atom. The van der Waals surface area contributed by atoms with Gasteiger partial charge in [-0.05, 0) is 36.4 Å². The number of hydrogen-bond donors (Lipinski definition) is 1. The Balaban J connectivity index is 2.10. The van der Waals surface area contributed by atoms with Crippen LogP contribution in [-0.4, -0.2) is 12.2 Å². The highest BCUT2D eigenvalue weighted by Gasteiger charge is 2.23. The van der Waals surface area contributed by atoms with Crippen LogP contribution in [0.25, 0.3) is 11.0 Å². The smallest absolute Gasteiger partial charge is 0.143 e. The molecule has 0 saturated heterocycles. The molecule has 0 amide bonds. The molecule has 2 aromatic carbocycles. The van der Waals surface area contributed by atoms with Crippen LogP contribution in [0.5, 0.6) is 5.75 Å². The van der Waals surface area contributed by atoms with Crippen molar-refractivity contribution in [1.29, 1.82) is 0 Å². The molecule has 21 heavy (non-hydrogen) atoms. The van der Waals surface area contributed by atoms with Crippen LogP contribution in [0.4, 0.5) is 8.78 Å². The minimum Gasteiger partial charge on any atom is -0.496 e. The Kier molecular flexibility index (Phi) is 3.35. The molecule has 108 valence electrons. The Labute approximate surface area is 119 Å². The zero-order chi connectivity index (χ0) is 15.0. The summed E-state index contributed by atoms with van der Waals surface area (Å²) in [4.78, 5) is 0. The molecule has 0 aliphatic carbocycles. The molecule has 0 aliphatic rings. The molecule has 1 unspecified atom stereocenters. The second-order valence-corrected chi connectivity index (χ2v) is 4.59. The highest BCUT2D eigenvalue weighted by Crippen LogP contribution is 2.34. The van der Waals surface area contributed by atoms with E-state index >= 15 is 0 Å². The van der Waals surface area contributed by atoms with Gasteiger partial charge in [-0.15, -0.1) is 0 Å². The van der Waals surface area contributed by atoms with Crippen LogP contribution in [-0.2, 0) is 0 Å². The van der Waals surface area contributed by atoms with Crippen molar-refractivity contribution >= 4 is 11.0 Å². The molecule has 0 radical (unpaired) electrons. The van der Waals surface area contributed by atoms with Crippen LogP contribution >= 0.6 is 0 Å². The summed E-state index contributed by atoms with van der Waals surface area (Å²) in [6.07, 6.45) is -1.34. The van der Waals surface area contributed by atoms with Crippen LogP contribution in [0.2, 0.25) is 0 Å². The third-order valence-corrected chi connectivity index (χ3v) is 3.27. The van der Waals surface area contributed by atoms with Crippen molar-refractivity contribution in [3.8, 4) is 5.75 Å². The first-order chi connectivity index (χ1) is 10.1. The van der Waals surface area contributed by atoms with Crippen molar-refractivity contribution < 1.29 is 23.0 Å². The molecule has 0 bridgehead atoms. The minimum atomic E-state index is -1.34. The first-order valence-electron chi connectivity index (χ1n) is 6.29. The van der Waals surface area contributed by atoms with E-state index < -0.39 is 17.7 Å². The quantitative estimate of drug-likeness (QED) is 0.797. The maximum absolute atomic E-state index is 14.0. The van der Waals surface area contributed by atoms with Gasteiger partial charge in [-0.3, -0.25) is 0 Å². The van der Waals surface area contributed by atoms with Crippen LogP contribution in [0.3, 0.4) is 0 Å². The van der Waals surface area contributed by atoms with Gasteiger partial charge in [-0.2, -0.15) is 0 Å². The average Bonchev–Trinajstić information content (AvgIpc) is 2.89. The van der Waals surface area contributed by atoms with Gasteiger partial charge in [0.1, 0.15) is 34.8 Å². The van der Waals surface area contributed by atoms with Crippen LogP contribution in [0.1, 0.15) is 17.4 Å². The molecule has 1 aromatic heterocycles. The van der Waals surface area contributed by atoms with E-state index in [1.807, 2.05) is 0 Å². The zero-order valence-electron chi connectivity index (χ0n) is 11.1. The summed E-state index contributed by atoms with van der Waals surface area (Å²) in [5, 5.41) is 10.8. The number of fused-ring (bicyclic) bond motifs is 1. The predicted octanol–water partition coefficient (Wildman–Crippen LogP) is 3.80. The van der Waals surface area contributed by atoms with E-state index in [1.165, 1.54) is 43.5 Å². The standard InChI is InChI=1S/C16H12F2O3/c1-20-13-4-2-3-11(18)15(13)16(19)14-8-9-7-10(17)5-6-12(9)21-14/h2-8,16,19H,1H3. The third-order valence-electron chi connectivity index (χ3n) is 3.27. The summed E-state index contributed by atoms with van der Waals surface area (Å²) in [5.41, 5.74) is 0.403. The number of aliphatic hydroxyl groups is 1. The van der Waals surface area contributed by atoms with Gasteiger partial charge in [0.15, 0.2) is 0 Å². The van der Waals surface area contributed by atoms with E-state index in [0.717, 1.165) is 0 Å². The topological polar surface area (TPSA) is 42.6 Å². The lowest BCUT2D eigenvalue weighted by Gasteiger charge is -2.13. The Hall–Kier alpha value is -2.40. The molecular formula is C16H12F2O3. The summed E-state index contributed by atoms with van der Waals surface area (Å²) in [6, 6.07) is 9.74. The van der Waals surface area contributed by atoms with Gasteiger partial charge in [0.2, 0.25) is 0 Å². The van der Waals surface area contributed by atoms with Crippen molar-refractivity contribution in [2.24, 2.45) is 0 Å². The Morgan fingerprint density at radius 2 is 1.95 bits per heavy atom. The number of ether oxygens (including phenoxy) is 1. The summed E-state index contributed by atoms with van der Waals surface area (Å²) in [5.74, 6) is -0.672. The maximum Gasteiger partial charge on any atom is 0.143 e. The van der Waals surface area contributed by atoms with Crippen molar-refractivity contribution in [1.82, 2.24) is 0 Å². The SMILES string of the molecule is COc1cccc(F)c1C(O)c1cc2cc(F)ccc2o1. The van der Waals surface area contributed by atoms with Crippen LogP contribution < -0.4 is 4.74 Å². The van der Waals surface area contributed by atoms with E-state index in [0.29, 0.717) is 11.0 Å². The van der Waals surface area contributed by atoms with E-state index in [4.69, 9.17) is 9.15 Å². The van der Waals surface area contributed by atoms with Crippen LogP contribution in [0.15, 0.2) is 46.9 Å². The van der Waals surface area contributed by atoms with Gasteiger partial charge in [0.25, 0.3) is 0 Å². The molecule has 0 saturated carbocycles. The monoisotopic (exact) mass is 290 g/mol. The number of methoxy groups -OCH3 is 1. The van der Waals surface area contributed by atoms with Crippen molar-refractivity contribution in [3.63, 3.8) is 0 Å². The molecule has 3 rings (SSSR count). The van der Waals surface area contributed by atoms with Crippen molar-refractivity contribution in [2.75, 3.05) is 7.11 Å². The van der Waals surface area contributed by atoms with Gasteiger partial charge in [0.05, 0.1) is 12.7 Å². The molecule has 0 aliphatic heterocycles. The molecule has 3 aromatic rings. The number of aliphatic hydroxyl groups excluding tert-OH is 1. The molecule has 0 spiro atoms. The lowest BCUT2D eigenvalue weighted by atomic mass is 10.1. The number of rotatable bonds is 3. The zero-order valence-corrected chi connectivity index (χ0v) is 11.1. The van der Waals surface area contributed by atoms with E-state index in [1.54, 1.807) is 6.07 Å². The van der Waals surface area contributed by atoms with Crippen molar-refractivity contribution in [2.45, 2.75) is 6.10 Å². The summed E-state index contributed by atoms with van der Waals surface area (Å²) in [6.45, 7) is 0. The predicted molar refractivity (Wildman–Crippen MR) is 73.2 cm³/mol. The lowest BCUT2D eigenvalue weighted by molar-refractivity contribution is 0.182. The van der Waals surface area contributed by atoms with Gasteiger partial charge < -0.3 is 14.3 Å². The van der Waals surface area contributed by atoms with Gasteiger partial charge >= 0.3 is 0 Å². The first kappa shape index (κ1) is 13.6. The van der Waals surface area contributed by atoms with Gasteiger partial charge in [0, 0.05) is 5.39 Å². The second-order valence-electron chi connectivity index (χ2n) is 4.59. The maximum atomic E-state index is 14.0. The highest BCUT2D eigenvalue weighted by atomic mass is 19.1. The van der Waals surface area contributed by atoms with E-state index in [2.05, 4.69) is 0 Å². The summed E-state index contributed by atoms with van der Waals surface area (Å²) in [7, 11) is 1.39. The molecule has 0 fully saturated rings. The largest absolute Gasteiger partial charge is 0.496 e. The first-order valence-corrected chi connectivity index (χ1v) is 6.29. The fourth-order valence-corrected chi connectivity index (χ4v) is 2.27. The van der Waals surface area contributed by atoms with Crippen LogP contribution in [0, 0.1) is 11.6 Å². The van der Waals surface area contributed by atoms with Gasteiger partial charge in [-0.25, -0.2) is 8.78 Å². The second kappa shape index (κ2) is 5.18. The summed E-state index contributed by atoms with van der Waals surface area (Å²) < 4.78 is 37.6. The van der Waals surface area contributed by atoms with E-state index in [9.17, 15) is 13.9 Å². The third kappa shape index (κ3) is 2.36. The van der Waals surface area contributed by atoms with Crippen molar-refractivity contribution in [3.05, 3.63) is 65.4 Å². The van der Waals surface area contributed by atoms with E-state index in [-0.39, 0.29) is 17.1 Å². The summed E-state index contributed by atoms with van der Waals surface area (Å²) >= 11 is 0. The molecule has 1 heterocycles. The minimum absolute atomic E-state index is 0.0143. The number of hydrogen-bond acceptors (Lipinski definition) is 3. The fourth-order valence-electron chi connectivity index (χ4n) is 2.27. The fraction of sp³-hybridized carbons (Fsp3) is 0.125. The number of benzene rings is 2. The normalized spacial score (nSPS) is 12.6. The lowest BCUT2D eigenvalue weighted by Crippen LogP contribution is -2.04.